The molecule has 0 aliphatic heterocycles. The number of imidazole rings is 1. The minimum absolute atomic E-state index is 0.892. The van der Waals surface area contributed by atoms with Crippen LogP contribution >= 0.6 is 38.5 Å². The molecule has 17 heavy (non-hydrogen) atoms. The van der Waals surface area contributed by atoms with Gasteiger partial charge in [0.2, 0.25) is 5.95 Å². The van der Waals surface area contributed by atoms with E-state index >= 15 is 0 Å². The van der Waals surface area contributed by atoms with Crippen molar-refractivity contribution in [2.75, 3.05) is 5.32 Å². The van der Waals surface area contributed by atoms with E-state index in [0.717, 1.165) is 28.3 Å². The van der Waals surface area contributed by atoms with Crippen molar-refractivity contribution >= 4 is 50.2 Å². The van der Waals surface area contributed by atoms with Crippen LogP contribution < -0.4 is 5.32 Å². The van der Waals surface area contributed by atoms with Gasteiger partial charge in [-0.25, -0.2) is 4.98 Å². The number of benzene rings is 1. The average molecular weight is 406 g/mol. The van der Waals surface area contributed by atoms with Gasteiger partial charge in [0.1, 0.15) is 0 Å². The summed E-state index contributed by atoms with van der Waals surface area (Å²) in [5.74, 6) is 0.892. The molecule has 2 aromatic rings. The highest BCUT2D eigenvalue weighted by atomic mass is 127. The molecule has 0 saturated heterocycles. The van der Waals surface area contributed by atoms with E-state index < -0.39 is 0 Å². The molecule has 1 heterocycles. The molecule has 1 aromatic carbocycles. The van der Waals surface area contributed by atoms with Gasteiger partial charge in [-0.05, 0) is 70.6 Å². The average Bonchev–Trinajstić information content (AvgIpc) is 2.64. The Labute approximate surface area is 123 Å². The molecule has 90 valence electrons. The number of hydrogen-bond acceptors (Lipinski definition) is 2. The van der Waals surface area contributed by atoms with Crippen molar-refractivity contribution in [3.05, 3.63) is 38.1 Å². The van der Waals surface area contributed by atoms with Crippen molar-refractivity contribution in [3.8, 4) is 0 Å². The summed E-state index contributed by atoms with van der Waals surface area (Å²) in [6.45, 7) is 5.02. The monoisotopic (exact) mass is 405 g/mol. The van der Waals surface area contributed by atoms with Crippen LogP contribution in [0.25, 0.3) is 0 Å². The number of nitrogens with zero attached hydrogens (tertiary/aromatic N) is 2. The first kappa shape index (κ1) is 12.9. The smallest absolute Gasteiger partial charge is 0.207 e. The van der Waals surface area contributed by atoms with Crippen molar-refractivity contribution in [1.29, 1.82) is 0 Å². The molecule has 0 aliphatic carbocycles. The molecule has 2 rings (SSSR count). The Morgan fingerprint density at radius 2 is 2.24 bits per heavy atom. The molecular formula is C12H13BrIN3. The molecule has 1 aromatic heterocycles. The molecule has 0 spiro atoms. The van der Waals surface area contributed by atoms with Crippen LogP contribution in [0.15, 0.2) is 28.9 Å². The Bertz CT molecular complexity index is 537. The van der Waals surface area contributed by atoms with Gasteiger partial charge in [-0.1, -0.05) is 0 Å². The summed E-state index contributed by atoms with van der Waals surface area (Å²) in [5.41, 5.74) is 2.08. The fraction of sp³-hybridized carbons (Fsp3) is 0.250. The van der Waals surface area contributed by atoms with Gasteiger partial charge < -0.3 is 9.88 Å². The van der Waals surface area contributed by atoms with Gasteiger partial charge in [0.05, 0.1) is 5.69 Å². The molecule has 5 heteroatoms. The second-order valence-electron chi connectivity index (χ2n) is 3.75. The fourth-order valence-electron chi connectivity index (χ4n) is 1.59. The lowest BCUT2D eigenvalue weighted by Gasteiger charge is -2.08. The first-order chi connectivity index (χ1) is 8.10. The number of nitrogens with one attached hydrogen (secondary N) is 1. The Morgan fingerprint density at radius 1 is 1.47 bits per heavy atom. The Hall–Kier alpha value is -0.560. The third-order valence-corrected chi connectivity index (χ3v) is 4.74. The molecule has 0 radical (unpaired) electrons. The highest BCUT2D eigenvalue weighted by Crippen LogP contribution is 2.24. The molecule has 0 amide bonds. The van der Waals surface area contributed by atoms with Gasteiger partial charge in [-0.2, -0.15) is 0 Å². The molecule has 0 fully saturated rings. The SMILES string of the molecule is CCn1cc(C)nc1Nc1ccc(Br)c(I)c1. The zero-order valence-corrected chi connectivity index (χ0v) is 13.4. The highest BCUT2D eigenvalue weighted by molar-refractivity contribution is 14.1. The van der Waals surface area contributed by atoms with Crippen LogP contribution in [0.1, 0.15) is 12.6 Å². The normalized spacial score (nSPS) is 10.6. The number of aromatic nitrogens is 2. The second kappa shape index (κ2) is 5.39. The molecule has 0 aliphatic rings. The zero-order valence-electron chi connectivity index (χ0n) is 9.67. The lowest BCUT2D eigenvalue weighted by Crippen LogP contribution is -2.01. The zero-order chi connectivity index (χ0) is 12.4. The summed E-state index contributed by atoms with van der Waals surface area (Å²) in [6.07, 6.45) is 2.05. The minimum Gasteiger partial charge on any atom is -0.326 e. The van der Waals surface area contributed by atoms with Crippen LogP contribution in [0, 0.1) is 10.5 Å². The molecule has 0 saturated carbocycles. The molecular weight excluding hydrogens is 393 g/mol. The van der Waals surface area contributed by atoms with E-state index in [-0.39, 0.29) is 0 Å². The summed E-state index contributed by atoms with van der Waals surface area (Å²) in [7, 11) is 0. The fourth-order valence-corrected chi connectivity index (χ4v) is 2.35. The molecule has 3 nitrogen and oxygen atoms in total. The first-order valence-electron chi connectivity index (χ1n) is 5.36. The van der Waals surface area contributed by atoms with Gasteiger partial charge in [-0.15, -0.1) is 0 Å². The van der Waals surface area contributed by atoms with Gasteiger partial charge in [0.15, 0.2) is 0 Å². The van der Waals surface area contributed by atoms with Gasteiger partial charge in [0, 0.05) is 26.5 Å². The lowest BCUT2D eigenvalue weighted by molar-refractivity contribution is 0.771. The first-order valence-corrected chi connectivity index (χ1v) is 7.23. The summed E-state index contributed by atoms with van der Waals surface area (Å²) in [4.78, 5) is 4.47. The lowest BCUT2D eigenvalue weighted by atomic mass is 10.3. The van der Waals surface area contributed by atoms with Crippen LogP contribution in [0.4, 0.5) is 11.6 Å². The predicted molar refractivity (Wildman–Crippen MR) is 82.8 cm³/mol. The van der Waals surface area contributed by atoms with Crippen LogP contribution in [0.2, 0.25) is 0 Å². The van der Waals surface area contributed by atoms with Crippen molar-refractivity contribution in [2.45, 2.75) is 20.4 Å². The summed E-state index contributed by atoms with van der Waals surface area (Å²) >= 11 is 5.79. The van der Waals surface area contributed by atoms with Crippen LogP contribution in [-0.2, 0) is 6.54 Å². The van der Waals surface area contributed by atoms with Crippen LogP contribution in [-0.4, -0.2) is 9.55 Å². The summed E-state index contributed by atoms with van der Waals surface area (Å²) in [5, 5.41) is 3.34. The number of aryl methyl sites for hydroxylation is 2. The topological polar surface area (TPSA) is 29.9 Å². The number of halogens is 2. The van der Waals surface area contributed by atoms with E-state index in [9.17, 15) is 0 Å². The van der Waals surface area contributed by atoms with Crippen LogP contribution in [0.5, 0.6) is 0 Å². The maximum atomic E-state index is 4.47. The van der Waals surface area contributed by atoms with E-state index in [1.54, 1.807) is 0 Å². The standard InChI is InChI=1S/C12H13BrIN3/c1-3-17-7-8(2)15-12(17)16-9-4-5-10(13)11(14)6-9/h4-7H,3H2,1-2H3,(H,15,16). The minimum atomic E-state index is 0.892. The quantitative estimate of drug-likeness (QED) is 0.770. The second-order valence-corrected chi connectivity index (χ2v) is 5.76. The summed E-state index contributed by atoms with van der Waals surface area (Å²) < 4.78 is 4.39. The van der Waals surface area contributed by atoms with Gasteiger partial charge in [0.25, 0.3) is 0 Å². The molecule has 0 unspecified atom stereocenters. The maximum Gasteiger partial charge on any atom is 0.207 e. The van der Waals surface area contributed by atoms with Crippen LogP contribution in [0.3, 0.4) is 0 Å². The molecule has 0 atom stereocenters. The maximum absolute atomic E-state index is 4.47. The number of hydrogen-bond donors (Lipinski definition) is 1. The van der Waals surface area contributed by atoms with Crippen molar-refractivity contribution in [1.82, 2.24) is 9.55 Å². The van der Waals surface area contributed by atoms with E-state index in [1.165, 1.54) is 3.57 Å². The van der Waals surface area contributed by atoms with Crippen molar-refractivity contribution in [2.24, 2.45) is 0 Å². The number of anilines is 2. The molecule has 1 N–H and O–H groups in total. The van der Waals surface area contributed by atoms with Gasteiger partial charge in [-0.3, -0.25) is 0 Å². The van der Waals surface area contributed by atoms with E-state index in [2.05, 4.69) is 66.4 Å². The predicted octanol–water partition coefficient (Wildman–Crippen LogP) is 4.32. The largest absolute Gasteiger partial charge is 0.326 e. The highest BCUT2D eigenvalue weighted by Gasteiger charge is 2.05. The van der Waals surface area contributed by atoms with Crippen molar-refractivity contribution in [3.63, 3.8) is 0 Å². The van der Waals surface area contributed by atoms with Crippen molar-refractivity contribution < 1.29 is 0 Å². The van der Waals surface area contributed by atoms with Gasteiger partial charge >= 0.3 is 0 Å². The number of rotatable bonds is 3. The molecule has 0 bridgehead atoms. The summed E-state index contributed by atoms with van der Waals surface area (Å²) in [6, 6.07) is 6.17. The van der Waals surface area contributed by atoms with E-state index in [4.69, 9.17) is 0 Å². The van der Waals surface area contributed by atoms with E-state index in [1.807, 2.05) is 25.3 Å². The Balaban J connectivity index is 2.27. The Morgan fingerprint density at radius 3 is 2.88 bits per heavy atom. The Kier molecular flexibility index (Phi) is 4.09. The van der Waals surface area contributed by atoms with E-state index in [0.29, 0.717) is 0 Å². The third-order valence-electron chi connectivity index (χ3n) is 2.41. The third kappa shape index (κ3) is 3.01.